The highest BCUT2D eigenvalue weighted by atomic mass is 16.5. The van der Waals surface area contributed by atoms with Crippen LogP contribution in [0.15, 0.2) is 0 Å². The molecule has 50 valence electrons. The minimum absolute atomic E-state index is 0.222. The Labute approximate surface area is 49.3 Å². The topological polar surface area (TPSA) is 52.5 Å². The van der Waals surface area contributed by atoms with Gasteiger partial charge in [-0.2, -0.15) is 0 Å². The number of nitrogens with one attached hydrogen (secondary N) is 1. The van der Waals surface area contributed by atoms with Crippen LogP contribution in [-0.4, -0.2) is 22.5 Å². The van der Waals surface area contributed by atoms with Crippen LogP contribution < -0.4 is 5.48 Å². The van der Waals surface area contributed by atoms with Crippen LogP contribution in [0.5, 0.6) is 0 Å². The third-order valence-electron chi connectivity index (χ3n) is 1.20. The molecule has 8 heavy (non-hydrogen) atoms. The molecule has 3 N–H and O–H groups in total. The van der Waals surface area contributed by atoms with Crippen LogP contribution in [0, 0.1) is 0 Å². The van der Waals surface area contributed by atoms with E-state index in [9.17, 15) is 0 Å². The van der Waals surface area contributed by atoms with Crippen molar-refractivity contribution in [2.24, 2.45) is 0 Å². The molecule has 0 saturated heterocycles. The fraction of sp³-hybridized carbons (Fsp3) is 1.00. The van der Waals surface area contributed by atoms with Gasteiger partial charge in [0.1, 0.15) is 0 Å². The van der Waals surface area contributed by atoms with E-state index >= 15 is 0 Å². The van der Waals surface area contributed by atoms with E-state index in [0.717, 1.165) is 0 Å². The van der Waals surface area contributed by atoms with Crippen LogP contribution in [-0.2, 0) is 0 Å². The molecule has 0 saturated carbocycles. The molecule has 0 unspecified atom stereocenters. The summed E-state index contributed by atoms with van der Waals surface area (Å²) in [4.78, 5) is 0. The summed E-state index contributed by atoms with van der Waals surface area (Å²) in [5.74, 6) is 0. The van der Waals surface area contributed by atoms with Crippen LogP contribution in [0.1, 0.15) is 20.3 Å². The molecule has 0 fully saturated rings. The number of aliphatic hydroxyl groups is 1. The first kappa shape index (κ1) is 7.88. The number of hydrogen-bond donors (Lipinski definition) is 3. The first-order chi connectivity index (χ1) is 3.72. The minimum atomic E-state index is -0.444. The Morgan fingerprint density at radius 2 is 2.12 bits per heavy atom. The molecule has 0 aliphatic carbocycles. The Balaban J connectivity index is 3.29. The highest BCUT2D eigenvalue weighted by Crippen LogP contribution is 1.94. The van der Waals surface area contributed by atoms with Gasteiger partial charge in [0.15, 0.2) is 0 Å². The molecular weight excluding hydrogens is 106 g/mol. The number of hydroxylamine groups is 1. The third kappa shape index (κ3) is 2.26. The molecule has 0 radical (unpaired) electrons. The van der Waals surface area contributed by atoms with Crippen molar-refractivity contribution in [3.05, 3.63) is 0 Å². The first-order valence-electron chi connectivity index (χ1n) is 2.80. The zero-order chi connectivity index (χ0) is 6.57. The lowest BCUT2D eigenvalue weighted by atomic mass is 10.1. The molecule has 0 amide bonds. The SMILES string of the molecule is CC[C@H](O)[C@H](C)NO. The second-order valence-electron chi connectivity index (χ2n) is 1.89. The average Bonchev–Trinajstić information content (AvgIpc) is 1.84. The molecular formula is C5H13NO2. The smallest absolute Gasteiger partial charge is 0.0710 e. The predicted octanol–water partition coefficient (Wildman–Crippen LogP) is 0.125. The summed E-state index contributed by atoms with van der Waals surface area (Å²) in [6, 6.07) is -0.222. The van der Waals surface area contributed by atoms with Gasteiger partial charge in [0.25, 0.3) is 0 Å². The molecule has 0 bridgehead atoms. The van der Waals surface area contributed by atoms with Gasteiger partial charge in [0, 0.05) is 0 Å². The van der Waals surface area contributed by atoms with Crippen molar-refractivity contribution in [1.82, 2.24) is 5.48 Å². The highest BCUT2D eigenvalue weighted by Gasteiger charge is 2.08. The van der Waals surface area contributed by atoms with E-state index < -0.39 is 6.10 Å². The number of rotatable bonds is 3. The molecule has 0 aliphatic rings. The normalized spacial score (nSPS) is 18.0. The zero-order valence-corrected chi connectivity index (χ0v) is 5.26. The van der Waals surface area contributed by atoms with Gasteiger partial charge < -0.3 is 10.3 Å². The Kier molecular flexibility index (Phi) is 3.77. The maximum absolute atomic E-state index is 8.90. The maximum atomic E-state index is 8.90. The predicted molar refractivity (Wildman–Crippen MR) is 30.7 cm³/mol. The van der Waals surface area contributed by atoms with Crippen LogP contribution in [0.3, 0.4) is 0 Å². The molecule has 0 heterocycles. The van der Waals surface area contributed by atoms with E-state index in [2.05, 4.69) is 0 Å². The van der Waals surface area contributed by atoms with Gasteiger partial charge in [-0.15, -0.1) is 0 Å². The van der Waals surface area contributed by atoms with Crippen LogP contribution >= 0.6 is 0 Å². The van der Waals surface area contributed by atoms with Crippen LogP contribution in [0.4, 0.5) is 0 Å². The Morgan fingerprint density at radius 1 is 1.62 bits per heavy atom. The van der Waals surface area contributed by atoms with Gasteiger partial charge in [0.2, 0.25) is 0 Å². The number of hydrogen-bond acceptors (Lipinski definition) is 3. The summed E-state index contributed by atoms with van der Waals surface area (Å²) in [5, 5.41) is 17.1. The molecule has 2 atom stereocenters. The Hall–Kier alpha value is -0.120. The van der Waals surface area contributed by atoms with Gasteiger partial charge in [0.05, 0.1) is 12.1 Å². The molecule has 0 spiro atoms. The standard InChI is InChI=1S/C5H13NO2/c1-3-5(7)4(2)6-8/h4-8H,3H2,1-2H3/t4-,5-/m0/s1. The molecule has 3 nitrogen and oxygen atoms in total. The molecule has 0 aromatic carbocycles. The van der Waals surface area contributed by atoms with E-state index in [4.69, 9.17) is 10.3 Å². The third-order valence-corrected chi connectivity index (χ3v) is 1.20. The second-order valence-corrected chi connectivity index (χ2v) is 1.89. The first-order valence-corrected chi connectivity index (χ1v) is 2.80. The molecule has 3 heteroatoms. The van der Waals surface area contributed by atoms with Crippen molar-refractivity contribution < 1.29 is 10.3 Å². The summed E-state index contributed by atoms with van der Waals surface area (Å²) in [6.07, 6.45) is 0.217. The van der Waals surface area contributed by atoms with Crippen molar-refractivity contribution >= 4 is 0 Å². The van der Waals surface area contributed by atoms with Gasteiger partial charge in [-0.05, 0) is 13.3 Å². The van der Waals surface area contributed by atoms with Crippen molar-refractivity contribution in [2.45, 2.75) is 32.4 Å². The lowest BCUT2D eigenvalue weighted by molar-refractivity contribution is 0.0460. The average molecular weight is 119 g/mol. The summed E-state index contributed by atoms with van der Waals surface area (Å²) in [7, 11) is 0. The Morgan fingerprint density at radius 3 is 2.25 bits per heavy atom. The summed E-state index contributed by atoms with van der Waals surface area (Å²) < 4.78 is 0. The van der Waals surface area contributed by atoms with Gasteiger partial charge in [-0.25, -0.2) is 5.48 Å². The van der Waals surface area contributed by atoms with Crippen LogP contribution in [0.2, 0.25) is 0 Å². The Bertz CT molecular complexity index is 50.4. The largest absolute Gasteiger partial charge is 0.391 e. The van der Waals surface area contributed by atoms with E-state index in [1.165, 1.54) is 0 Å². The van der Waals surface area contributed by atoms with E-state index in [-0.39, 0.29) is 6.04 Å². The molecule has 0 rings (SSSR count). The summed E-state index contributed by atoms with van der Waals surface area (Å²) in [6.45, 7) is 3.58. The monoisotopic (exact) mass is 119 g/mol. The van der Waals surface area contributed by atoms with Gasteiger partial charge in [-0.3, -0.25) is 0 Å². The number of aliphatic hydroxyl groups excluding tert-OH is 1. The second kappa shape index (κ2) is 3.83. The van der Waals surface area contributed by atoms with Crippen molar-refractivity contribution in [3.8, 4) is 0 Å². The fourth-order valence-corrected chi connectivity index (χ4v) is 0.440. The van der Waals surface area contributed by atoms with Crippen molar-refractivity contribution in [1.29, 1.82) is 0 Å². The molecule has 0 aromatic heterocycles. The summed E-state index contributed by atoms with van der Waals surface area (Å²) >= 11 is 0. The van der Waals surface area contributed by atoms with Gasteiger partial charge >= 0.3 is 0 Å². The van der Waals surface area contributed by atoms with E-state index in [0.29, 0.717) is 6.42 Å². The summed E-state index contributed by atoms with van der Waals surface area (Å²) in [5.41, 5.74) is 1.97. The van der Waals surface area contributed by atoms with Crippen molar-refractivity contribution in [2.75, 3.05) is 0 Å². The van der Waals surface area contributed by atoms with Gasteiger partial charge in [-0.1, -0.05) is 6.92 Å². The van der Waals surface area contributed by atoms with E-state index in [1.54, 1.807) is 6.92 Å². The van der Waals surface area contributed by atoms with E-state index in [1.807, 2.05) is 12.4 Å². The van der Waals surface area contributed by atoms with Crippen molar-refractivity contribution in [3.63, 3.8) is 0 Å². The zero-order valence-electron chi connectivity index (χ0n) is 5.26. The van der Waals surface area contributed by atoms with Crippen LogP contribution in [0.25, 0.3) is 0 Å². The maximum Gasteiger partial charge on any atom is 0.0710 e. The fourth-order valence-electron chi connectivity index (χ4n) is 0.440. The quantitative estimate of drug-likeness (QED) is 0.463. The molecule has 0 aromatic rings. The minimum Gasteiger partial charge on any atom is -0.391 e. The highest BCUT2D eigenvalue weighted by molar-refractivity contribution is 4.63. The lowest BCUT2D eigenvalue weighted by Crippen LogP contribution is -2.34. The molecule has 0 aliphatic heterocycles. The lowest BCUT2D eigenvalue weighted by Gasteiger charge is -2.13.